The smallest absolute Gasteiger partial charge is 0.136 e. The van der Waals surface area contributed by atoms with Gasteiger partial charge in [0, 0.05) is 24.7 Å². The van der Waals surface area contributed by atoms with Crippen molar-refractivity contribution in [3.05, 3.63) is 41.2 Å². The second-order valence-corrected chi connectivity index (χ2v) is 5.46. The van der Waals surface area contributed by atoms with Crippen molar-refractivity contribution in [3.8, 4) is 0 Å². The van der Waals surface area contributed by atoms with E-state index in [1.807, 2.05) is 13.1 Å². The highest BCUT2D eigenvalue weighted by atomic mass is 15.1. The molecule has 3 rings (SSSR count). The Morgan fingerprint density at radius 1 is 1.05 bits per heavy atom. The van der Waals surface area contributed by atoms with Crippen molar-refractivity contribution in [1.82, 2.24) is 9.97 Å². The van der Waals surface area contributed by atoms with Crippen molar-refractivity contribution >= 4 is 17.3 Å². The lowest BCUT2D eigenvalue weighted by atomic mass is 10.1. The molecule has 1 aromatic heterocycles. The zero-order valence-corrected chi connectivity index (χ0v) is 12.2. The Hall–Kier alpha value is -2.10. The lowest BCUT2D eigenvalue weighted by Gasteiger charge is -2.12. The molecule has 1 aromatic carbocycles. The maximum Gasteiger partial charge on any atom is 0.136 e. The minimum absolute atomic E-state index is 0.544. The van der Waals surface area contributed by atoms with Gasteiger partial charge in [0.25, 0.3) is 0 Å². The number of aryl methyl sites for hydroxylation is 2. The molecule has 0 amide bonds. The first-order valence-corrected chi connectivity index (χ1v) is 7.06. The zero-order chi connectivity index (χ0) is 14.1. The van der Waals surface area contributed by atoms with Gasteiger partial charge >= 0.3 is 0 Å². The van der Waals surface area contributed by atoms with Gasteiger partial charge in [-0.15, -0.1) is 0 Å². The van der Waals surface area contributed by atoms with Gasteiger partial charge in [-0.3, -0.25) is 0 Å². The highest BCUT2D eigenvalue weighted by Crippen LogP contribution is 2.39. The van der Waals surface area contributed by atoms with Gasteiger partial charge in [0.2, 0.25) is 0 Å². The van der Waals surface area contributed by atoms with E-state index in [1.165, 1.54) is 24.0 Å². The first kappa shape index (κ1) is 12.9. The number of nitrogens with one attached hydrogen (secondary N) is 2. The van der Waals surface area contributed by atoms with Gasteiger partial charge in [-0.25, -0.2) is 9.97 Å². The molecule has 0 radical (unpaired) electrons. The van der Waals surface area contributed by atoms with E-state index in [0.717, 1.165) is 23.1 Å². The predicted octanol–water partition coefficient (Wildman–Crippen LogP) is 3.76. The summed E-state index contributed by atoms with van der Waals surface area (Å²) in [6.45, 7) is 4.21. The molecule has 1 fully saturated rings. The number of hydrogen-bond donors (Lipinski definition) is 2. The average Bonchev–Trinajstić information content (AvgIpc) is 3.26. The molecule has 4 heteroatoms. The SMILES string of the molecule is CNc1cc(Nc2ccc(C)cc2C)nc(C2CC2)n1. The van der Waals surface area contributed by atoms with E-state index in [-0.39, 0.29) is 0 Å². The quantitative estimate of drug-likeness (QED) is 0.886. The first-order chi connectivity index (χ1) is 9.65. The summed E-state index contributed by atoms with van der Waals surface area (Å²) in [6, 6.07) is 8.33. The van der Waals surface area contributed by atoms with Crippen LogP contribution in [0.25, 0.3) is 0 Å². The maximum absolute atomic E-state index is 4.64. The van der Waals surface area contributed by atoms with Crippen LogP contribution in [0.2, 0.25) is 0 Å². The third-order valence-corrected chi connectivity index (χ3v) is 3.59. The van der Waals surface area contributed by atoms with Crippen LogP contribution in [0, 0.1) is 13.8 Å². The molecule has 1 aliphatic carbocycles. The number of aromatic nitrogens is 2. The van der Waals surface area contributed by atoms with Crippen LogP contribution in [0.1, 0.15) is 35.7 Å². The van der Waals surface area contributed by atoms with Crippen molar-refractivity contribution in [2.75, 3.05) is 17.7 Å². The molecule has 0 atom stereocenters. The molecule has 104 valence electrons. The summed E-state index contributed by atoms with van der Waals surface area (Å²) < 4.78 is 0. The van der Waals surface area contributed by atoms with Gasteiger partial charge in [0.05, 0.1) is 0 Å². The number of hydrogen-bond acceptors (Lipinski definition) is 4. The minimum atomic E-state index is 0.544. The lowest BCUT2D eigenvalue weighted by Crippen LogP contribution is -2.03. The van der Waals surface area contributed by atoms with Gasteiger partial charge < -0.3 is 10.6 Å². The highest BCUT2D eigenvalue weighted by molar-refractivity contribution is 5.63. The van der Waals surface area contributed by atoms with Gasteiger partial charge in [-0.2, -0.15) is 0 Å². The fourth-order valence-corrected chi connectivity index (χ4v) is 2.27. The Balaban J connectivity index is 1.91. The number of rotatable bonds is 4. The van der Waals surface area contributed by atoms with Crippen molar-refractivity contribution in [2.45, 2.75) is 32.6 Å². The third-order valence-electron chi connectivity index (χ3n) is 3.59. The van der Waals surface area contributed by atoms with Gasteiger partial charge in [0.15, 0.2) is 0 Å². The zero-order valence-electron chi connectivity index (χ0n) is 12.2. The Labute approximate surface area is 119 Å². The topological polar surface area (TPSA) is 49.8 Å². The van der Waals surface area contributed by atoms with Crippen LogP contribution >= 0.6 is 0 Å². The van der Waals surface area contributed by atoms with Crippen LogP contribution in [0.15, 0.2) is 24.3 Å². The van der Waals surface area contributed by atoms with E-state index in [4.69, 9.17) is 0 Å². The second-order valence-electron chi connectivity index (χ2n) is 5.46. The molecule has 0 unspecified atom stereocenters. The van der Waals surface area contributed by atoms with Crippen molar-refractivity contribution < 1.29 is 0 Å². The Morgan fingerprint density at radius 2 is 1.80 bits per heavy atom. The largest absolute Gasteiger partial charge is 0.373 e. The molecular weight excluding hydrogens is 248 g/mol. The van der Waals surface area contributed by atoms with Crippen LogP contribution in [-0.2, 0) is 0 Å². The van der Waals surface area contributed by atoms with Crippen molar-refractivity contribution in [1.29, 1.82) is 0 Å². The lowest BCUT2D eigenvalue weighted by molar-refractivity contribution is 0.932. The molecule has 4 nitrogen and oxygen atoms in total. The monoisotopic (exact) mass is 268 g/mol. The standard InChI is InChI=1S/C16H20N4/c1-10-4-7-13(11(2)8-10)18-15-9-14(17-3)19-16(20-15)12-5-6-12/h4,7-9,12H,5-6H2,1-3H3,(H2,17,18,19,20). The number of benzene rings is 1. The van der Waals surface area contributed by atoms with Crippen molar-refractivity contribution in [3.63, 3.8) is 0 Å². The van der Waals surface area contributed by atoms with Crippen LogP contribution < -0.4 is 10.6 Å². The summed E-state index contributed by atoms with van der Waals surface area (Å²) in [5.74, 6) is 3.22. The molecule has 20 heavy (non-hydrogen) atoms. The molecule has 1 aliphatic rings. The fraction of sp³-hybridized carbons (Fsp3) is 0.375. The number of anilines is 3. The molecule has 0 saturated heterocycles. The van der Waals surface area contributed by atoms with Crippen LogP contribution in [-0.4, -0.2) is 17.0 Å². The van der Waals surface area contributed by atoms with E-state index in [1.54, 1.807) is 0 Å². The van der Waals surface area contributed by atoms with Crippen LogP contribution in [0.3, 0.4) is 0 Å². The van der Waals surface area contributed by atoms with E-state index in [0.29, 0.717) is 5.92 Å². The third kappa shape index (κ3) is 2.74. The first-order valence-electron chi connectivity index (χ1n) is 7.06. The Bertz CT molecular complexity index is 632. The molecule has 0 aliphatic heterocycles. The number of nitrogens with zero attached hydrogens (tertiary/aromatic N) is 2. The normalized spacial score (nSPS) is 14.2. The predicted molar refractivity (Wildman–Crippen MR) is 82.8 cm³/mol. The summed E-state index contributed by atoms with van der Waals surface area (Å²) in [4.78, 5) is 9.17. The summed E-state index contributed by atoms with van der Waals surface area (Å²) in [6.07, 6.45) is 2.41. The van der Waals surface area contributed by atoms with Gasteiger partial charge in [0.1, 0.15) is 17.5 Å². The molecule has 0 spiro atoms. The molecule has 1 heterocycles. The highest BCUT2D eigenvalue weighted by Gasteiger charge is 2.27. The molecule has 0 bridgehead atoms. The maximum atomic E-state index is 4.64. The Kier molecular flexibility index (Phi) is 3.30. The molecule has 1 saturated carbocycles. The summed E-state index contributed by atoms with van der Waals surface area (Å²) in [7, 11) is 1.89. The van der Waals surface area contributed by atoms with Crippen molar-refractivity contribution in [2.24, 2.45) is 0 Å². The minimum Gasteiger partial charge on any atom is -0.373 e. The second kappa shape index (κ2) is 5.12. The summed E-state index contributed by atoms with van der Waals surface area (Å²) >= 11 is 0. The fourth-order valence-electron chi connectivity index (χ4n) is 2.27. The van der Waals surface area contributed by atoms with E-state index < -0.39 is 0 Å². The van der Waals surface area contributed by atoms with Crippen LogP contribution in [0.5, 0.6) is 0 Å². The average molecular weight is 268 g/mol. The van der Waals surface area contributed by atoms with Gasteiger partial charge in [-0.05, 0) is 38.3 Å². The summed E-state index contributed by atoms with van der Waals surface area (Å²) in [5.41, 5.74) is 3.59. The molecule has 2 N–H and O–H groups in total. The van der Waals surface area contributed by atoms with Gasteiger partial charge in [-0.1, -0.05) is 17.7 Å². The van der Waals surface area contributed by atoms with E-state index in [2.05, 4.69) is 52.6 Å². The van der Waals surface area contributed by atoms with E-state index in [9.17, 15) is 0 Å². The molecule has 2 aromatic rings. The van der Waals surface area contributed by atoms with Crippen LogP contribution in [0.4, 0.5) is 17.3 Å². The van der Waals surface area contributed by atoms with E-state index >= 15 is 0 Å². The Morgan fingerprint density at radius 3 is 2.45 bits per heavy atom. The summed E-state index contributed by atoms with van der Waals surface area (Å²) in [5, 5.41) is 6.51. The molecular formula is C16H20N4.